The van der Waals surface area contributed by atoms with Gasteiger partial charge in [-0.2, -0.15) is 0 Å². The van der Waals surface area contributed by atoms with Crippen molar-refractivity contribution in [3.05, 3.63) is 94.0 Å². The maximum atomic E-state index is 6.53. The molecule has 4 heteroatoms. The Morgan fingerprint density at radius 2 is 1.64 bits per heavy atom. The summed E-state index contributed by atoms with van der Waals surface area (Å²) in [4.78, 5) is 0. The highest BCUT2D eigenvalue weighted by molar-refractivity contribution is 6.31. The van der Waals surface area contributed by atoms with Crippen molar-refractivity contribution >= 4 is 11.6 Å². The van der Waals surface area contributed by atoms with Crippen LogP contribution in [0.25, 0.3) is 0 Å². The highest BCUT2D eigenvalue weighted by Gasteiger charge is 2.13. The fourth-order valence-electron chi connectivity index (χ4n) is 3.04. The molecule has 0 aromatic heterocycles. The van der Waals surface area contributed by atoms with Gasteiger partial charge in [-0.05, 0) is 42.2 Å². The number of ether oxygens (including phenoxy) is 2. The van der Waals surface area contributed by atoms with Gasteiger partial charge in [0.15, 0.2) is 11.5 Å². The minimum Gasteiger partial charge on any atom is -0.493 e. The fraction of sp³-hybridized carbons (Fsp3) is 0.250. The molecular formula is C24H26ClNO2. The minimum absolute atomic E-state index is 0.222. The lowest BCUT2D eigenvalue weighted by Crippen LogP contribution is -2.18. The topological polar surface area (TPSA) is 30.5 Å². The van der Waals surface area contributed by atoms with E-state index in [-0.39, 0.29) is 6.04 Å². The summed E-state index contributed by atoms with van der Waals surface area (Å²) < 4.78 is 11.5. The Labute approximate surface area is 172 Å². The summed E-state index contributed by atoms with van der Waals surface area (Å²) in [5.41, 5.74) is 4.56. The van der Waals surface area contributed by atoms with E-state index < -0.39 is 0 Å². The molecule has 0 aliphatic carbocycles. The molecule has 1 atom stereocenters. The Bertz CT molecular complexity index is 912. The molecule has 0 aliphatic heterocycles. The lowest BCUT2D eigenvalue weighted by Gasteiger charge is -2.17. The average Bonchev–Trinajstić information content (AvgIpc) is 2.72. The van der Waals surface area contributed by atoms with Gasteiger partial charge in [-0.1, -0.05) is 66.2 Å². The van der Waals surface area contributed by atoms with Crippen LogP contribution in [0.4, 0.5) is 0 Å². The standard InChI is InChI=1S/C24H26ClNO2/c1-17-9-7-8-12-20(17)16-28-24-14-22(25)21(13-23(24)27-3)15-26-18(2)19-10-5-4-6-11-19/h4-14,18,26H,15-16H2,1-3H3. The molecule has 28 heavy (non-hydrogen) atoms. The lowest BCUT2D eigenvalue weighted by atomic mass is 10.1. The van der Waals surface area contributed by atoms with Gasteiger partial charge in [-0.25, -0.2) is 0 Å². The zero-order valence-electron chi connectivity index (χ0n) is 16.5. The van der Waals surface area contributed by atoms with Crippen molar-refractivity contribution in [2.75, 3.05) is 7.11 Å². The Balaban J connectivity index is 1.69. The van der Waals surface area contributed by atoms with Gasteiger partial charge in [0, 0.05) is 23.7 Å². The Hall–Kier alpha value is -2.49. The first-order valence-corrected chi connectivity index (χ1v) is 9.78. The number of methoxy groups -OCH3 is 1. The third kappa shape index (κ3) is 5.06. The molecule has 0 saturated heterocycles. The molecule has 1 N–H and O–H groups in total. The number of hydrogen-bond donors (Lipinski definition) is 1. The van der Waals surface area contributed by atoms with Crippen molar-refractivity contribution < 1.29 is 9.47 Å². The smallest absolute Gasteiger partial charge is 0.163 e. The van der Waals surface area contributed by atoms with Gasteiger partial charge < -0.3 is 14.8 Å². The third-order valence-corrected chi connectivity index (χ3v) is 5.23. The molecule has 146 valence electrons. The van der Waals surface area contributed by atoms with Gasteiger partial charge in [-0.3, -0.25) is 0 Å². The van der Waals surface area contributed by atoms with Crippen LogP contribution in [0.3, 0.4) is 0 Å². The molecule has 0 amide bonds. The Kier molecular flexibility index (Phi) is 6.96. The van der Waals surface area contributed by atoms with E-state index in [1.54, 1.807) is 7.11 Å². The molecule has 0 fully saturated rings. The molecule has 0 spiro atoms. The molecule has 3 nitrogen and oxygen atoms in total. The molecular weight excluding hydrogens is 370 g/mol. The van der Waals surface area contributed by atoms with Crippen LogP contribution in [0.15, 0.2) is 66.7 Å². The van der Waals surface area contributed by atoms with Crippen molar-refractivity contribution in [2.45, 2.75) is 33.0 Å². The number of rotatable bonds is 8. The summed E-state index contributed by atoms with van der Waals surface area (Å²) in [5.74, 6) is 1.33. The van der Waals surface area contributed by atoms with E-state index >= 15 is 0 Å². The van der Waals surface area contributed by atoms with Crippen LogP contribution in [0, 0.1) is 6.92 Å². The van der Waals surface area contributed by atoms with E-state index in [0.29, 0.717) is 29.7 Å². The second-order valence-electron chi connectivity index (χ2n) is 6.82. The van der Waals surface area contributed by atoms with Gasteiger partial charge in [0.2, 0.25) is 0 Å². The fourth-order valence-corrected chi connectivity index (χ4v) is 3.26. The van der Waals surface area contributed by atoms with Crippen LogP contribution in [0.1, 0.15) is 35.2 Å². The minimum atomic E-state index is 0.222. The normalized spacial score (nSPS) is 11.9. The van der Waals surface area contributed by atoms with E-state index in [1.807, 2.05) is 42.5 Å². The van der Waals surface area contributed by atoms with Crippen LogP contribution < -0.4 is 14.8 Å². The second-order valence-corrected chi connectivity index (χ2v) is 7.23. The summed E-state index contributed by atoms with van der Waals surface area (Å²) in [6.45, 7) is 5.33. The first-order chi connectivity index (χ1) is 13.6. The maximum absolute atomic E-state index is 6.53. The van der Waals surface area contributed by atoms with Crippen molar-refractivity contribution in [2.24, 2.45) is 0 Å². The zero-order valence-corrected chi connectivity index (χ0v) is 17.3. The predicted octanol–water partition coefficient (Wildman–Crippen LogP) is 6.09. The molecule has 0 aliphatic rings. The number of benzene rings is 3. The molecule has 3 aromatic rings. The largest absolute Gasteiger partial charge is 0.493 e. The zero-order chi connectivity index (χ0) is 19.9. The Morgan fingerprint density at radius 3 is 2.36 bits per heavy atom. The van der Waals surface area contributed by atoms with Gasteiger partial charge >= 0.3 is 0 Å². The predicted molar refractivity (Wildman–Crippen MR) is 115 cm³/mol. The number of halogens is 1. The van der Waals surface area contributed by atoms with Gasteiger partial charge in [0.1, 0.15) is 6.61 Å². The number of hydrogen-bond acceptors (Lipinski definition) is 3. The molecule has 0 saturated carbocycles. The van der Waals surface area contributed by atoms with Crippen LogP contribution in [-0.4, -0.2) is 7.11 Å². The third-order valence-electron chi connectivity index (χ3n) is 4.88. The number of nitrogens with one attached hydrogen (secondary N) is 1. The second kappa shape index (κ2) is 9.63. The van der Waals surface area contributed by atoms with Gasteiger partial charge in [0.05, 0.1) is 7.11 Å². The van der Waals surface area contributed by atoms with Crippen molar-refractivity contribution in [1.29, 1.82) is 0 Å². The van der Waals surface area contributed by atoms with E-state index in [0.717, 1.165) is 11.1 Å². The molecule has 3 aromatic carbocycles. The monoisotopic (exact) mass is 395 g/mol. The molecule has 0 radical (unpaired) electrons. The van der Waals surface area contributed by atoms with Crippen LogP contribution in [0.2, 0.25) is 5.02 Å². The summed E-state index contributed by atoms with van der Waals surface area (Å²) in [6, 6.07) is 22.5. The molecule has 0 bridgehead atoms. The van der Waals surface area contributed by atoms with Crippen molar-refractivity contribution in [3.63, 3.8) is 0 Å². The molecule has 1 unspecified atom stereocenters. The van der Waals surface area contributed by atoms with E-state index in [4.69, 9.17) is 21.1 Å². The van der Waals surface area contributed by atoms with E-state index in [1.165, 1.54) is 11.1 Å². The highest BCUT2D eigenvalue weighted by atomic mass is 35.5. The van der Waals surface area contributed by atoms with E-state index in [2.05, 4.69) is 43.4 Å². The van der Waals surface area contributed by atoms with Crippen molar-refractivity contribution in [1.82, 2.24) is 5.32 Å². The maximum Gasteiger partial charge on any atom is 0.163 e. The van der Waals surface area contributed by atoms with Crippen molar-refractivity contribution in [3.8, 4) is 11.5 Å². The number of aryl methyl sites for hydroxylation is 1. The van der Waals surface area contributed by atoms with Gasteiger partial charge in [0.25, 0.3) is 0 Å². The van der Waals surface area contributed by atoms with E-state index in [9.17, 15) is 0 Å². The lowest BCUT2D eigenvalue weighted by molar-refractivity contribution is 0.283. The van der Waals surface area contributed by atoms with Crippen LogP contribution >= 0.6 is 11.6 Å². The highest BCUT2D eigenvalue weighted by Crippen LogP contribution is 2.34. The Morgan fingerprint density at radius 1 is 0.929 bits per heavy atom. The van der Waals surface area contributed by atoms with Gasteiger partial charge in [-0.15, -0.1) is 0 Å². The SMILES string of the molecule is COc1cc(CNC(C)c2ccccc2)c(Cl)cc1OCc1ccccc1C. The average molecular weight is 396 g/mol. The summed E-state index contributed by atoms with van der Waals surface area (Å²) >= 11 is 6.53. The summed E-state index contributed by atoms with van der Waals surface area (Å²) in [6.07, 6.45) is 0. The first-order valence-electron chi connectivity index (χ1n) is 9.40. The first kappa shape index (κ1) is 20.2. The quantitative estimate of drug-likeness (QED) is 0.500. The van der Waals surface area contributed by atoms with Crippen LogP contribution in [-0.2, 0) is 13.2 Å². The summed E-state index contributed by atoms with van der Waals surface area (Å²) in [5, 5.41) is 4.17. The van der Waals surface area contributed by atoms with Crippen LogP contribution in [0.5, 0.6) is 11.5 Å². The molecule has 0 heterocycles. The molecule has 3 rings (SSSR count). The summed E-state index contributed by atoms with van der Waals surface area (Å²) in [7, 11) is 1.65.